The van der Waals surface area contributed by atoms with Crippen molar-refractivity contribution in [3.8, 4) is 0 Å². The number of nitrogens with one attached hydrogen (secondary N) is 1. The minimum Gasteiger partial charge on any atom is -0.454 e. The van der Waals surface area contributed by atoms with Gasteiger partial charge >= 0.3 is 5.97 Å². The van der Waals surface area contributed by atoms with Gasteiger partial charge in [0.05, 0.1) is 5.71 Å². The second-order valence-electron chi connectivity index (χ2n) is 6.55. The number of halogens is 1. The lowest BCUT2D eigenvalue weighted by atomic mass is 10.0. The molecule has 6 nitrogen and oxygen atoms in total. The Kier molecular flexibility index (Phi) is 4.65. The number of aromatic amines is 1. The zero-order valence-electron chi connectivity index (χ0n) is 15.1. The lowest BCUT2D eigenvalue weighted by molar-refractivity contribution is -0.154. The molecule has 4 rings (SSSR count). The molecule has 28 heavy (non-hydrogen) atoms. The summed E-state index contributed by atoms with van der Waals surface area (Å²) in [6.07, 6.45) is -0.794. The molecule has 0 saturated heterocycles. The Morgan fingerprint density at radius 1 is 1.25 bits per heavy atom. The van der Waals surface area contributed by atoms with E-state index >= 15 is 0 Å². The molecule has 0 spiro atoms. The van der Waals surface area contributed by atoms with Gasteiger partial charge in [-0.3, -0.25) is 4.79 Å². The summed E-state index contributed by atoms with van der Waals surface area (Å²) in [6, 6.07) is 13.3. The van der Waals surface area contributed by atoms with Gasteiger partial charge in [0, 0.05) is 34.1 Å². The Balaban J connectivity index is 1.38. The monoisotopic (exact) mass is 380 g/mol. The van der Waals surface area contributed by atoms with Gasteiger partial charge in [-0.1, -0.05) is 35.5 Å². The van der Waals surface area contributed by atoms with Crippen molar-refractivity contribution in [1.29, 1.82) is 0 Å². The maximum Gasteiger partial charge on any atom is 0.351 e. The van der Waals surface area contributed by atoms with Crippen LogP contribution < -0.4 is 0 Å². The molecule has 3 aromatic rings. The summed E-state index contributed by atoms with van der Waals surface area (Å²) in [5.41, 5.74) is 3.08. The van der Waals surface area contributed by atoms with Crippen molar-refractivity contribution in [1.82, 2.24) is 4.98 Å². The van der Waals surface area contributed by atoms with Gasteiger partial charge in [0.15, 0.2) is 6.61 Å². The summed E-state index contributed by atoms with van der Waals surface area (Å²) in [4.78, 5) is 33.1. The number of hydrogen-bond donors (Lipinski definition) is 1. The van der Waals surface area contributed by atoms with E-state index in [4.69, 9.17) is 9.57 Å². The Labute approximate surface area is 159 Å². The van der Waals surface area contributed by atoms with Crippen molar-refractivity contribution >= 4 is 28.4 Å². The number of ether oxygens (including phenoxy) is 1. The highest BCUT2D eigenvalue weighted by atomic mass is 19.1. The van der Waals surface area contributed by atoms with Crippen LogP contribution in [0.25, 0.3) is 10.9 Å². The van der Waals surface area contributed by atoms with Crippen LogP contribution in [0, 0.1) is 12.7 Å². The van der Waals surface area contributed by atoms with Gasteiger partial charge < -0.3 is 14.6 Å². The molecule has 0 saturated carbocycles. The number of carbonyl (C=O) groups excluding carboxylic acids is 2. The van der Waals surface area contributed by atoms with Crippen LogP contribution in [-0.4, -0.2) is 35.2 Å². The number of esters is 1. The highest BCUT2D eigenvalue weighted by Gasteiger charge is 2.31. The van der Waals surface area contributed by atoms with Crippen LogP contribution in [0.5, 0.6) is 0 Å². The van der Waals surface area contributed by atoms with E-state index in [-0.39, 0.29) is 12.2 Å². The van der Waals surface area contributed by atoms with Crippen molar-refractivity contribution in [2.45, 2.75) is 19.4 Å². The molecule has 2 heterocycles. The first kappa shape index (κ1) is 17.9. The zero-order chi connectivity index (χ0) is 19.7. The molecule has 1 aliphatic rings. The fraction of sp³-hybridized carbons (Fsp3) is 0.190. The molecule has 1 unspecified atom stereocenters. The van der Waals surface area contributed by atoms with E-state index in [1.54, 1.807) is 19.1 Å². The van der Waals surface area contributed by atoms with E-state index in [9.17, 15) is 14.0 Å². The van der Waals surface area contributed by atoms with Crippen molar-refractivity contribution < 1.29 is 23.6 Å². The molecule has 1 N–H and O–H groups in total. The van der Waals surface area contributed by atoms with E-state index in [0.29, 0.717) is 16.8 Å². The fourth-order valence-electron chi connectivity index (χ4n) is 3.28. The number of benzene rings is 2. The quantitative estimate of drug-likeness (QED) is 0.542. The third-order valence-corrected chi connectivity index (χ3v) is 4.61. The van der Waals surface area contributed by atoms with E-state index in [1.807, 2.05) is 24.3 Å². The number of nitrogens with zero attached hydrogens (tertiary/aromatic N) is 1. The molecule has 142 valence electrons. The average molecular weight is 380 g/mol. The second-order valence-corrected chi connectivity index (χ2v) is 6.55. The Bertz CT molecular complexity index is 1100. The first-order valence-corrected chi connectivity index (χ1v) is 8.78. The number of rotatable bonds is 5. The number of aromatic nitrogens is 1. The molecule has 0 amide bonds. The smallest absolute Gasteiger partial charge is 0.351 e. The SMILES string of the molecule is Cc1[nH]c2ccccc2c1C(=O)COC(=O)C1CC(c2cccc(F)c2)=NO1. The van der Waals surface area contributed by atoms with Gasteiger partial charge in [-0.15, -0.1) is 0 Å². The van der Waals surface area contributed by atoms with Crippen molar-refractivity contribution in [2.24, 2.45) is 5.16 Å². The lowest BCUT2D eigenvalue weighted by Gasteiger charge is -2.08. The maximum absolute atomic E-state index is 13.3. The third-order valence-electron chi connectivity index (χ3n) is 4.61. The number of para-hydroxylation sites is 1. The number of ketones is 1. The fourth-order valence-corrected chi connectivity index (χ4v) is 3.28. The van der Waals surface area contributed by atoms with Crippen LogP contribution in [0.1, 0.15) is 28.0 Å². The van der Waals surface area contributed by atoms with Gasteiger partial charge in [-0.2, -0.15) is 0 Å². The number of hydrogen-bond acceptors (Lipinski definition) is 5. The summed E-state index contributed by atoms with van der Waals surface area (Å²) >= 11 is 0. The molecule has 0 aliphatic carbocycles. The zero-order valence-corrected chi connectivity index (χ0v) is 15.1. The molecule has 7 heteroatoms. The highest BCUT2D eigenvalue weighted by molar-refractivity contribution is 6.10. The molecule has 2 aromatic carbocycles. The molecule has 0 radical (unpaired) electrons. The molecule has 1 aliphatic heterocycles. The average Bonchev–Trinajstić information content (AvgIpc) is 3.30. The minimum atomic E-state index is -0.949. The number of fused-ring (bicyclic) bond motifs is 1. The van der Waals surface area contributed by atoms with Gasteiger partial charge in [0.1, 0.15) is 5.82 Å². The van der Waals surface area contributed by atoms with Crippen LogP contribution in [0.15, 0.2) is 53.7 Å². The van der Waals surface area contributed by atoms with E-state index in [1.165, 1.54) is 12.1 Å². The van der Waals surface area contributed by atoms with Crippen LogP contribution in [0.3, 0.4) is 0 Å². The third kappa shape index (κ3) is 3.38. The molecule has 0 fully saturated rings. The summed E-state index contributed by atoms with van der Waals surface area (Å²) in [5, 5.41) is 4.63. The Hall–Kier alpha value is -3.48. The van der Waals surface area contributed by atoms with Crippen molar-refractivity contribution in [3.05, 3.63) is 71.2 Å². The number of Topliss-reactive ketones (excluding diaryl/α,β-unsaturated/α-hetero) is 1. The minimum absolute atomic E-state index is 0.155. The summed E-state index contributed by atoms with van der Waals surface area (Å²) in [5.74, 6) is -1.38. The van der Waals surface area contributed by atoms with Crippen molar-refractivity contribution in [3.63, 3.8) is 0 Å². The molecular formula is C21H17FN2O4. The number of aryl methyl sites for hydroxylation is 1. The molecule has 0 bridgehead atoms. The first-order valence-electron chi connectivity index (χ1n) is 8.78. The predicted octanol–water partition coefficient (Wildman–Crippen LogP) is 3.53. The van der Waals surface area contributed by atoms with Crippen LogP contribution in [0.2, 0.25) is 0 Å². The summed E-state index contributed by atoms with van der Waals surface area (Å²) < 4.78 is 18.5. The topological polar surface area (TPSA) is 80.8 Å². The molecule has 1 aromatic heterocycles. The normalized spacial score (nSPS) is 15.9. The van der Waals surface area contributed by atoms with Gasteiger partial charge in [0.2, 0.25) is 11.9 Å². The van der Waals surface area contributed by atoms with E-state index < -0.39 is 24.5 Å². The van der Waals surface area contributed by atoms with Gasteiger partial charge in [-0.05, 0) is 25.1 Å². The summed E-state index contributed by atoms with van der Waals surface area (Å²) in [6.45, 7) is 1.41. The largest absolute Gasteiger partial charge is 0.454 e. The van der Waals surface area contributed by atoms with Crippen molar-refractivity contribution in [2.75, 3.05) is 6.61 Å². The highest BCUT2D eigenvalue weighted by Crippen LogP contribution is 2.23. The van der Waals surface area contributed by atoms with E-state index in [0.717, 1.165) is 16.6 Å². The number of carbonyl (C=O) groups is 2. The van der Waals surface area contributed by atoms with Gasteiger partial charge in [-0.25, -0.2) is 9.18 Å². The number of H-pyrrole nitrogens is 1. The van der Waals surface area contributed by atoms with E-state index in [2.05, 4.69) is 10.1 Å². The predicted molar refractivity (Wildman–Crippen MR) is 101 cm³/mol. The Morgan fingerprint density at radius 3 is 2.89 bits per heavy atom. The number of oxime groups is 1. The standard InChI is InChI=1S/C21H17FN2O4/c1-12-20(15-7-2-3-8-16(15)23-12)18(25)11-27-21(26)19-10-17(24-28-19)13-5-4-6-14(22)9-13/h2-9,19,23H,10-11H2,1H3. The Morgan fingerprint density at radius 2 is 2.07 bits per heavy atom. The summed E-state index contributed by atoms with van der Waals surface area (Å²) in [7, 11) is 0. The first-order chi connectivity index (χ1) is 13.5. The second kappa shape index (κ2) is 7.26. The van der Waals surface area contributed by atoms with Crippen LogP contribution >= 0.6 is 0 Å². The molecular weight excluding hydrogens is 363 g/mol. The molecule has 1 atom stereocenters. The van der Waals surface area contributed by atoms with Gasteiger partial charge in [0.25, 0.3) is 0 Å². The van der Waals surface area contributed by atoms with Crippen LogP contribution in [-0.2, 0) is 14.4 Å². The lowest BCUT2D eigenvalue weighted by Crippen LogP contribution is -2.26. The maximum atomic E-state index is 13.3. The van der Waals surface area contributed by atoms with Crippen LogP contribution in [0.4, 0.5) is 4.39 Å².